The van der Waals surface area contributed by atoms with Gasteiger partial charge in [0, 0.05) is 32.6 Å². The minimum Gasteiger partial charge on any atom is -0.256 e. The Hall–Kier alpha value is -3.64. The van der Waals surface area contributed by atoms with Crippen molar-refractivity contribution < 1.29 is 0 Å². The number of halogens is 1. The van der Waals surface area contributed by atoms with Crippen molar-refractivity contribution in [2.45, 2.75) is 0 Å². The predicted molar refractivity (Wildman–Crippen MR) is 126 cm³/mol. The average molecular weight is 454 g/mol. The number of aromatic nitrogens is 3. The molecular formula is C24H16BrN5. The SMILES string of the molecule is Brc1ccc2nc(N/N=C/c3ccnc4ccccc34)nc(-c3ccccc3)c2c1. The lowest BCUT2D eigenvalue weighted by molar-refractivity contribution is 1.16. The van der Waals surface area contributed by atoms with Crippen LogP contribution >= 0.6 is 15.9 Å². The van der Waals surface area contributed by atoms with E-state index in [9.17, 15) is 0 Å². The highest BCUT2D eigenvalue weighted by atomic mass is 79.9. The van der Waals surface area contributed by atoms with Crippen molar-refractivity contribution in [2.75, 3.05) is 5.43 Å². The van der Waals surface area contributed by atoms with Gasteiger partial charge in [-0.2, -0.15) is 5.10 Å². The second-order valence-electron chi connectivity index (χ2n) is 6.71. The third-order valence-corrected chi connectivity index (χ3v) is 5.25. The van der Waals surface area contributed by atoms with Crippen LogP contribution in [0.1, 0.15) is 5.56 Å². The second-order valence-corrected chi connectivity index (χ2v) is 7.63. The summed E-state index contributed by atoms with van der Waals surface area (Å²) in [4.78, 5) is 13.7. The number of hydrazone groups is 1. The Bertz CT molecular complexity index is 1380. The molecule has 0 atom stereocenters. The van der Waals surface area contributed by atoms with Crippen molar-refractivity contribution in [3.05, 3.63) is 95.1 Å². The van der Waals surface area contributed by atoms with E-state index in [-0.39, 0.29) is 0 Å². The minimum absolute atomic E-state index is 0.443. The molecule has 5 nitrogen and oxygen atoms in total. The van der Waals surface area contributed by atoms with Crippen molar-refractivity contribution in [1.29, 1.82) is 0 Å². The molecule has 0 bridgehead atoms. The van der Waals surface area contributed by atoms with Crippen LogP contribution in [0.3, 0.4) is 0 Å². The van der Waals surface area contributed by atoms with E-state index < -0.39 is 0 Å². The fourth-order valence-electron chi connectivity index (χ4n) is 3.36. The third kappa shape index (κ3) is 3.65. The summed E-state index contributed by atoms with van der Waals surface area (Å²) in [6, 6.07) is 26.0. The molecule has 5 aromatic rings. The van der Waals surface area contributed by atoms with Crippen LogP contribution in [0.4, 0.5) is 5.95 Å². The van der Waals surface area contributed by atoms with E-state index >= 15 is 0 Å². The van der Waals surface area contributed by atoms with Gasteiger partial charge in [0.15, 0.2) is 0 Å². The zero-order chi connectivity index (χ0) is 20.3. The first-order valence-corrected chi connectivity index (χ1v) is 10.2. The van der Waals surface area contributed by atoms with E-state index in [1.165, 1.54) is 0 Å². The smallest absolute Gasteiger partial charge is 0.244 e. The van der Waals surface area contributed by atoms with E-state index in [0.29, 0.717) is 5.95 Å². The number of hydrogen-bond donors (Lipinski definition) is 1. The summed E-state index contributed by atoms with van der Waals surface area (Å²) in [5.74, 6) is 0.443. The van der Waals surface area contributed by atoms with Crippen LogP contribution < -0.4 is 5.43 Å². The standard InChI is InChI=1S/C24H16BrN5/c25-18-10-11-22-20(14-18)23(16-6-2-1-3-7-16)29-24(28-22)30-27-15-17-12-13-26-21-9-5-4-8-19(17)21/h1-15H,(H,28,29,30)/b27-15+. The Morgan fingerprint density at radius 2 is 1.63 bits per heavy atom. The van der Waals surface area contributed by atoms with Gasteiger partial charge in [0.1, 0.15) is 0 Å². The predicted octanol–water partition coefficient (Wildman–Crippen LogP) is 6.05. The van der Waals surface area contributed by atoms with Crippen molar-refractivity contribution in [3.8, 4) is 11.3 Å². The van der Waals surface area contributed by atoms with Gasteiger partial charge in [0.2, 0.25) is 5.95 Å². The Labute approximate surface area is 181 Å². The third-order valence-electron chi connectivity index (χ3n) is 4.76. The number of nitrogens with zero attached hydrogens (tertiary/aromatic N) is 4. The maximum atomic E-state index is 4.74. The summed E-state index contributed by atoms with van der Waals surface area (Å²) in [5.41, 5.74) is 7.62. The molecular weight excluding hydrogens is 438 g/mol. The minimum atomic E-state index is 0.443. The second kappa shape index (κ2) is 8.00. The number of para-hydroxylation sites is 1. The highest BCUT2D eigenvalue weighted by Gasteiger charge is 2.10. The van der Waals surface area contributed by atoms with Crippen molar-refractivity contribution in [3.63, 3.8) is 0 Å². The first-order chi connectivity index (χ1) is 14.8. The number of hydrogen-bond acceptors (Lipinski definition) is 5. The summed E-state index contributed by atoms with van der Waals surface area (Å²) in [6.07, 6.45) is 3.54. The lowest BCUT2D eigenvalue weighted by Crippen LogP contribution is -2.00. The van der Waals surface area contributed by atoms with E-state index in [1.807, 2.05) is 78.9 Å². The molecule has 0 unspecified atom stereocenters. The first-order valence-electron chi connectivity index (χ1n) is 9.43. The maximum Gasteiger partial charge on any atom is 0.244 e. The molecule has 30 heavy (non-hydrogen) atoms. The fourth-order valence-corrected chi connectivity index (χ4v) is 3.72. The molecule has 1 N–H and O–H groups in total. The van der Waals surface area contributed by atoms with Crippen molar-refractivity contribution in [2.24, 2.45) is 5.10 Å². The topological polar surface area (TPSA) is 63.1 Å². The molecule has 0 aliphatic heterocycles. The van der Waals surface area contributed by atoms with Gasteiger partial charge in [0.25, 0.3) is 0 Å². The summed E-state index contributed by atoms with van der Waals surface area (Å²) in [6.45, 7) is 0. The largest absolute Gasteiger partial charge is 0.256 e. The molecule has 0 radical (unpaired) electrons. The molecule has 0 saturated heterocycles. The van der Waals surface area contributed by atoms with E-state index in [0.717, 1.165) is 43.1 Å². The number of benzene rings is 3. The normalized spacial score (nSPS) is 11.4. The number of rotatable bonds is 4. The zero-order valence-corrected chi connectivity index (χ0v) is 17.4. The highest BCUT2D eigenvalue weighted by molar-refractivity contribution is 9.10. The monoisotopic (exact) mass is 453 g/mol. The average Bonchev–Trinajstić information content (AvgIpc) is 2.79. The van der Waals surface area contributed by atoms with Gasteiger partial charge in [-0.05, 0) is 30.3 Å². The highest BCUT2D eigenvalue weighted by Crippen LogP contribution is 2.29. The Morgan fingerprint density at radius 1 is 0.800 bits per heavy atom. The van der Waals surface area contributed by atoms with Crippen LogP contribution in [0.5, 0.6) is 0 Å². The Balaban J connectivity index is 1.53. The van der Waals surface area contributed by atoms with Gasteiger partial charge >= 0.3 is 0 Å². The maximum absolute atomic E-state index is 4.74. The van der Waals surface area contributed by atoms with Crippen molar-refractivity contribution in [1.82, 2.24) is 15.0 Å². The molecule has 3 aromatic carbocycles. The summed E-state index contributed by atoms with van der Waals surface area (Å²) in [5, 5.41) is 6.40. The van der Waals surface area contributed by atoms with E-state index in [2.05, 4.69) is 36.4 Å². The van der Waals surface area contributed by atoms with Gasteiger partial charge in [-0.25, -0.2) is 15.4 Å². The number of fused-ring (bicyclic) bond motifs is 2. The van der Waals surface area contributed by atoms with Gasteiger partial charge in [-0.3, -0.25) is 4.98 Å². The lowest BCUT2D eigenvalue weighted by atomic mass is 10.1. The molecule has 144 valence electrons. The fraction of sp³-hybridized carbons (Fsp3) is 0. The summed E-state index contributed by atoms with van der Waals surface area (Å²) in [7, 11) is 0. The van der Waals surface area contributed by atoms with Crippen LogP contribution in [0.2, 0.25) is 0 Å². The summed E-state index contributed by atoms with van der Waals surface area (Å²) >= 11 is 3.55. The molecule has 0 amide bonds. The van der Waals surface area contributed by atoms with Crippen LogP contribution in [-0.4, -0.2) is 21.2 Å². The number of anilines is 1. The molecule has 2 heterocycles. The van der Waals surface area contributed by atoms with E-state index in [1.54, 1.807) is 12.4 Å². The molecule has 5 rings (SSSR count). The van der Waals surface area contributed by atoms with Gasteiger partial charge < -0.3 is 0 Å². The molecule has 0 spiro atoms. The van der Waals surface area contributed by atoms with Crippen LogP contribution in [0.25, 0.3) is 33.1 Å². The first kappa shape index (κ1) is 18.4. The van der Waals surface area contributed by atoms with Gasteiger partial charge in [-0.1, -0.05) is 64.5 Å². The molecule has 0 fully saturated rings. The number of nitrogens with one attached hydrogen (secondary N) is 1. The molecule has 0 aliphatic rings. The zero-order valence-electron chi connectivity index (χ0n) is 15.8. The lowest BCUT2D eigenvalue weighted by Gasteiger charge is -2.09. The van der Waals surface area contributed by atoms with Crippen LogP contribution in [0, 0.1) is 0 Å². The van der Waals surface area contributed by atoms with Gasteiger partial charge in [0.05, 0.1) is 22.9 Å². The Morgan fingerprint density at radius 3 is 2.53 bits per heavy atom. The van der Waals surface area contributed by atoms with E-state index in [4.69, 9.17) is 4.98 Å². The van der Waals surface area contributed by atoms with Gasteiger partial charge in [-0.15, -0.1) is 0 Å². The molecule has 0 saturated carbocycles. The van der Waals surface area contributed by atoms with Crippen molar-refractivity contribution >= 4 is 49.9 Å². The van der Waals surface area contributed by atoms with Crippen LogP contribution in [-0.2, 0) is 0 Å². The summed E-state index contributed by atoms with van der Waals surface area (Å²) < 4.78 is 0.985. The molecule has 0 aliphatic carbocycles. The van der Waals surface area contributed by atoms with Crippen LogP contribution in [0.15, 0.2) is 94.6 Å². The number of pyridine rings is 1. The molecule has 2 aromatic heterocycles. The molecule has 6 heteroatoms. The Kier molecular flexibility index (Phi) is 4.91. The quantitative estimate of drug-likeness (QED) is 0.265.